The number of carbonyl (C=O) groups is 1. The summed E-state index contributed by atoms with van der Waals surface area (Å²) >= 11 is 1.45. The first-order valence-electron chi connectivity index (χ1n) is 6.37. The van der Waals surface area contributed by atoms with Crippen LogP contribution in [0.3, 0.4) is 0 Å². The van der Waals surface area contributed by atoms with Crippen LogP contribution in [0.5, 0.6) is 0 Å². The molecule has 0 atom stereocenters. The van der Waals surface area contributed by atoms with E-state index in [-0.39, 0.29) is 5.91 Å². The van der Waals surface area contributed by atoms with Gasteiger partial charge in [-0.2, -0.15) is 0 Å². The van der Waals surface area contributed by atoms with Crippen LogP contribution < -0.4 is 11.1 Å². The zero-order chi connectivity index (χ0) is 13.8. The molecule has 0 fully saturated rings. The Kier molecular flexibility index (Phi) is 4.39. The molecule has 0 unspecified atom stereocenters. The Morgan fingerprint density at radius 2 is 2.16 bits per heavy atom. The molecule has 2 rings (SSSR count). The first-order valence-corrected chi connectivity index (χ1v) is 7.19. The summed E-state index contributed by atoms with van der Waals surface area (Å²) in [6.07, 6.45) is 0. The normalized spacial score (nSPS) is 11.1. The van der Waals surface area contributed by atoms with Gasteiger partial charge in [-0.3, -0.25) is 4.79 Å². The molecule has 0 saturated carbocycles. The molecule has 0 spiro atoms. The van der Waals surface area contributed by atoms with Crippen LogP contribution in [0.1, 0.15) is 16.6 Å². The van der Waals surface area contributed by atoms with E-state index < -0.39 is 0 Å². The van der Waals surface area contributed by atoms with Crippen molar-refractivity contribution in [1.29, 1.82) is 0 Å². The highest BCUT2D eigenvalue weighted by molar-refractivity contribution is 7.21. The molecule has 0 aliphatic carbocycles. The third-order valence-electron chi connectivity index (χ3n) is 3.16. The topological polar surface area (TPSA) is 58.4 Å². The monoisotopic (exact) mass is 277 g/mol. The van der Waals surface area contributed by atoms with Crippen molar-refractivity contribution in [2.45, 2.75) is 6.92 Å². The summed E-state index contributed by atoms with van der Waals surface area (Å²) in [5.41, 5.74) is 6.62. The number of amides is 1. The number of benzene rings is 1. The third-order valence-corrected chi connectivity index (χ3v) is 4.34. The maximum atomic E-state index is 12.1. The Hall–Kier alpha value is -1.59. The fraction of sp³-hybridized carbons (Fsp3) is 0.357. The number of fused-ring (bicyclic) bond motifs is 1. The van der Waals surface area contributed by atoms with Gasteiger partial charge in [0.15, 0.2) is 0 Å². The number of hydrogen-bond acceptors (Lipinski definition) is 4. The lowest BCUT2D eigenvalue weighted by atomic mass is 10.2. The highest BCUT2D eigenvalue weighted by Gasteiger charge is 2.15. The fourth-order valence-electron chi connectivity index (χ4n) is 1.83. The molecule has 19 heavy (non-hydrogen) atoms. The smallest absolute Gasteiger partial charge is 0.263 e. The van der Waals surface area contributed by atoms with Crippen molar-refractivity contribution >= 4 is 33.0 Å². The first-order chi connectivity index (χ1) is 9.13. The summed E-state index contributed by atoms with van der Waals surface area (Å²) in [6, 6.07) is 7.82. The number of rotatable bonds is 5. The fourth-order valence-corrected chi connectivity index (χ4v) is 2.87. The van der Waals surface area contributed by atoms with E-state index in [1.54, 1.807) is 0 Å². The largest absolute Gasteiger partial charge is 0.397 e. The van der Waals surface area contributed by atoms with Gasteiger partial charge in [-0.15, -0.1) is 11.3 Å². The Balaban J connectivity index is 2.07. The molecule has 3 N–H and O–H groups in total. The van der Waals surface area contributed by atoms with Gasteiger partial charge in [0.1, 0.15) is 4.88 Å². The van der Waals surface area contributed by atoms with Crippen molar-refractivity contribution in [2.75, 3.05) is 32.4 Å². The van der Waals surface area contributed by atoms with E-state index in [1.165, 1.54) is 11.3 Å². The number of nitrogens with two attached hydrogens (primary N) is 1. The summed E-state index contributed by atoms with van der Waals surface area (Å²) in [4.78, 5) is 14.9. The third kappa shape index (κ3) is 3.05. The summed E-state index contributed by atoms with van der Waals surface area (Å²) in [7, 11) is 2.03. The molecule has 0 aliphatic heterocycles. The van der Waals surface area contributed by atoms with Gasteiger partial charge in [-0.25, -0.2) is 0 Å². The molecular formula is C14H19N3OS. The zero-order valence-electron chi connectivity index (χ0n) is 11.3. The second kappa shape index (κ2) is 6.04. The van der Waals surface area contributed by atoms with E-state index in [9.17, 15) is 4.79 Å². The lowest BCUT2D eigenvalue weighted by molar-refractivity contribution is 0.0955. The number of thiophene rings is 1. The molecule has 0 saturated heterocycles. The van der Waals surface area contributed by atoms with E-state index in [0.717, 1.165) is 23.2 Å². The highest BCUT2D eigenvalue weighted by Crippen LogP contribution is 2.33. The second-order valence-corrected chi connectivity index (χ2v) is 5.55. The van der Waals surface area contributed by atoms with Crippen LogP contribution in [0.2, 0.25) is 0 Å². The number of nitrogen functional groups attached to an aromatic ring is 1. The lowest BCUT2D eigenvalue weighted by Crippen LogP contribution is -2.32. The molecule has 2 aromatic rings. The van der Waals surface area contributed by atoms with Crippen molar-refractivity contribution in [1.82, 2.24) is 10.2 Å². The molecule has 1 heterocycles. The molecular weight excluding hydrogens is 258 g/mol. The molecule has 1 aromatic heterocycles. The summed E-state index contributed by atoms with van der Waals surface area (Å²) < 4.78 is 1.05. The van der Waals surface area contributed by atoms with Crippen LogP contribution in [0.4, 0.5) is 5.69 Å². The summed E-state index contributed by atoms with van der Waals surface area (Å²) in [6.45, 7) is 4.54. The predicted molar refractivity (Wildman–Crippen MR) is 81.7 cm³/mol. The van der Waals surface area contributed by atoms with Crippen LogP contribution in [0.15, 0.2) is 24.3 Å². The average molecular weight is 277 g/mol. The van der Waals surface area contributed by atoms with Gasteiger partial charge in [0.2, 0.25) is 0 Å². The molecule has 1 amide bonds. The van der Waals surface area contributed by atoms with E-state index in [2.05, 4.69) is 17.1 Å². The number of likely N-dealkylation sites (N-methyl/N-ethyl adjacent to an activating group) is 1. The minimum absolute atomic E-state index is 0.0804. The van der Waals surface area contributed by atoms with Crippen LogP contribution in [-0.2, 0) is 0 Å². The van der Waals surface area contributed by atoms with Gasteiger partial charge in [0.25, 0.3) is 5.91 Å². The average Bonchev–Trinajstić information content (AvgIpc) is 2.76. The maximum absolute atomic E-state index is 12.1. The van der Waals surface area contributed by atoms with Crippen LogP contribution in [0, 0.1) is 0 Å². The van der Waals surface area contributed by atoms with E-state index >= 15 is 0 Å². The van der Waals surface area contributed by atoms with Gasteiger partial charge in [-0.05, 0) is 19.7 Å². The number of anilines is 1. The lowest BCUT2D eigenvalue weighted by Gasteiger charge is -2.13. The van der Waals surface area contributed by atoms with Gasteiger partial charge in [0, 0.05) is 23.2 Å². The second-order valence-electron chi connectivity index (χ2n) is 4.49. The Labute approximate surface area is 117 Å². The molecule has 1 aromatic carbocycles. The van der Waals surface area contributed by atoms with Crippen LogP contribution in [0.25, 0.3) is 10.1 Å². The first kappa shape index (κ1) is 13.8. The SMILES string of the molecule is CCN(C)CCNC(=O)c1sc2ccccc2c1N. The van der Waals surface area contributed by atoms with Gasteiger partial charge >= 0.3 is 0 Å². The number of hydrogen-bond donors (Lipinski definition) is 2. The minimum atomic E-state index is -0.0804. The zero-order valence-corrected chi connectivity index (χ0v) is 12.1. The standard InChI is InChI=1S/C14H19N3OS/c1-3-17(2)9-8-16-14(18)13-12(15)10-6-4-5-7-11(10)19-13/h4-7H,3,8-9,15H2,1-2H3,(H,16,18). The van der Waals surface area contributed by atoms with E-state index in [1.807, 2.05) is 31.3 Å². The van der Waals surface area contributed by atoms with Crippen LogP contribution >= 0.6 is 11.3 Å². The number of nitrogens with zero attached hydrogens (tertiary/aromatic N) is 1. The maximum Gasteiger partial charge on any atom is 0.263 e. The van der Waals surface area contributed by atoms with Crippen molar-refractivity contribution in [2.24, 2.45) is 0 Å². The molecule has 4 nitrogen and oxygen atoms in total. The Morgan fingerprint density at radius 3 is 2.84 bits per heavy atom. The van der Waals surface area contributed by atoms with Crippen molar-refractivity contribution in [3.05, 3.63) is 29.1 Å². The summed E-state index contributed by atoms with van der Waals surface area (Å²) in [5, 5.41) is 3.88. The highest BCUT2D eigenvalue weighted by atomic mass is 32.1. The van der Waals surface area contributed by atoms with E-state index in [0.29, 0.717) is 17.1 Å². The quantitative estimate of drug-likeness (QED) is 0.880. The number of nitrogens with one attached hydrogen (secondary N) is 1. The van der Waals surface area contributed by atoms with Gasteiger partial charge in [-0.1, -0.05) is 25.1 Å². The molecule has 0 radical (unpaired) electrons. The minimum Gasteiger partial charge on any atom is -0.397 e. The Bertz CT molecular complexity index is 579. The predicted octanol–water partition coefficient (Wildman–Crippen LogP) is 2.17. The van der Waals surface area contributed by atoms with E-state index in [4.69, 9.17) is 5.73 Å². The van der Waals surface area contributed by atoms with Crippen molar-refractivity contribution < 1.29 is 4.79 Å². The Morgan fingerprint density at radius 1 is 1.42 bits per heavy atom. The van der Waals surface area contributed by atoms with Gasteiger partial charge in [0.05, 0.1) is 5.69 Å². The molecule has 5 heteroatoms. The van der Waals surface area contributed by atoms with Crippen molar-refractivity contribution in [3.8, 4) is 0 Å². The molecule has 0 bridgehead atoms. The van der Waals surface area contributed by atoms with Crippen molar-refractivity contribution in [3.63, 3.8) is 0 Å². The molecule has 102 valence electrons. The van der Waals surface area contributed by atoms with Crippen LogP contribution in [-0.4, -0.2) is 37.5 Å². The summed E-state index contributed by atoms with van der Waals surface area (Å²) in [5.74, 6) is -0.0804. The number of carbonyl (C=O) groups excluding carboxylic acids is 1. The molecule has 0 aliphatic rings. The van der Waals surface area contributed by atoms with Gasteiger partial charge < -0.3 is 16.0 Å².